The number of amides is 1. The van der Waals surface area contributed by atoms with Gasteiger partial charge < -0.3 is 20.1 Å². The summed E-state index contributed by atoms with van der Waals surface area (Å²) in [6, 6.07) is 1.28. The molecule has 0 aromatic carbocycles. The van der Waals surface area contributed by atoms with Crippen LogP contribution in [0.4, 0.5) is 5.95 Å². The number of rotatable bonds is 7. The van der Waals surface area contributed by atoms with E-state index in [1.807, 2.05) is 6.92 Å². The van der Waals surface area contributed by atoms with Crippen LogP contribution in [0.2, 0.25) is 0 Å². The maximum absolute atomic E-state index is 11.7. The molecule has 0 saturated carbocycles. The van der Waals surface area contributed by atoms with E-state index in [2.05, 4.69) is 20.6 Å². The van der Waals surface area contributed by atoms with Gasteiger partial charge in [-0.15, -0.1) is 0 Å². The number of nitrogens with zero attached hydrogens (tertiary/aromatic N) is 2. The second-order valence-electron chi connectivity index (χ2n) is 4.03. The molecule has 0 aliphatic carbocycles. The van der Waals surface area contributed by atoms with Gasteiger partial charge >= 0.3 is 0 Å². The summed E-state index contributed by atoms with van der Waals surface area (Å²) >= 11 is 0. The highest BCUT2D eigenvalue weighted by Gasteiger charge is 2.13. The van der Waals surface area contributed by atoms with E-state index in [0.29, 0.717) is 25.0 Å². The fourth-order valence-electron chi connectivity index (χ4n) is 1.40. The molecule has 7 nitrogen and oxygen atoms in total. The standard InChI is InChI=1S/C12H20N4O3/c1-8-7-10(19-4)16-12(14-8)15-9(2)11(17)13-5-6-18-3/h7,9H,5-6H2,1-4H3,(H,13,17)(H,14,15,16). The van der Waals surface area contributed by atoms with E-state index in [4.69, 9.17) is 9.47 Å². The van der Waals surface area contributed by atoms with Gasteiger partial charge in [0.2, 0.25) is 17.7 Å². The van der Waals surface area contributed by atoms with Crippen molar-refractivity contribution < 1.29 is 14.3 Å². The number of hydrogen-bond acceptors (Lipinski definition) is 6. The van der Waals surface area contributed by atoms with E-state index < -0.39 is 6.04 Å². The predicted molar refractivity (Wildman–Crippen MR) is 71.3 cm³/mol. The Kier molecular flexibility index (Phi) is 6.01. The van der Waals surface area contributed by atoms with Crippen molar-refractivity contribution in [2.45, 2.75) is 19.9 Å². The van der Waals surface area contributed by atoms with Gasteiger partial charge in [0.1, 0.15) is 6.04 Å². The zero-order valence-electron chi connectivity index (χ0n) is 11.7. The van der Waals surface area contributed by atoms with E-state index >= 15 is 0 Å². The Hall–Kier alpha value is -1.89. The van der Waals surface area contributed by atoms with Gasteiger partial charge in [-0.1, -0.05) is 0 Å². The van der Waals surface area contributed by atoms with Crippen molar-refractivity contribution >= 4 is 11.9 Å². The average Bonchev–Trinajstić information content (AvgIpc) is 2.38. The van der Waals surface area contributed by atoms with Crippen molar-refractivity contribution in [3.05, 3.63) is 11.8 Å². The molecule has 1 unspecified atom stereocenters. The molecule has 1 amide bonds. The number of nitrogens with one attached hydrogen (secondary N) is 2. The van der Waals surface area contributed by atoms with Crippen molar-refractivity contribution in [3.63, 3.8) is 0 Å². The molecule has 106 valence electrons. The monoisotopic (exact) mass is 268 g/mol. The van der Waals surface area contributed by atoms with Gasteiger partial charge in [-0.2, -0.15) is 4.98 Å². The number of hydrogen-bond donors (Lipinski definition) is 2. The van der Waals surface area contributed by atoms with Crippen LogP contribution in [0.1, 0.15) is 12.6 Å². The summed E-state index contributed by atoms with van der Waals surface area (Å²) in [4.78, 5) is 20.1. The number of ether oxygens (including phenoxy) is 2. The summed E-state index contributed by atoms with van der Waals surface area (Å²) in [5.74, 6) is 0.689. The summed E-state index contributed by atoms with van der Waals surface area (Å²) in [5, 5.41) is 5.66. The average molecular weight is 268 g/mol. The number of aromatic nitrogens is 2. The highest BCUT2D eigenvalue weighted by atomic mass is 16.5. The molecule has 1 aromatic heterocycles. The highest BCUT2D eigenvalue weighted by molar-refractivity contribution is 5.83. The number of carbonyl (C=O) groups excluding carboxylic acids is 1. The first-order chi connectivity index (χ1) is 9.06. The SMILES string of the molecule is COCCNC(=O)C(C)Nc1nc(C)cc(OC)n1. The minimum Gasteiger partial charge on any atom is -0.481 e. The molecule has 2 N–H and O–H groups in total. The third kappa shape index (κ3) is 5.09. The zero-order valence-corrected chi connectivity index (χ0v) is 11.7. The second-order valence-corrected chi connectivity index (χ2v) is 4.03. The van der Waals surface area contributed by atoms with E-state index in [1.165, 1.54) is 7.11 Å². The van der Waals surface area contributed by atoms with Crippen LogP contribution < -0.4 is 15.4 Å². The van der Waals surface area contributed by atoms with Gasteiger partial charge in [-0.3, -0.25) is 4.79 Å². The Bertz CT molecular complexity index is 425. The summed E-state index contributed by atoms with van der Waals surface area (Å²) in [5.41, 5.74) is 0.765. The minimum absolute atomic E-state index is 0.138. The number of aryl methyl sites for hydroxylation is 1. The molecule has 0 saturated heterocycles. The van der Waals surface area contributed by atoms with Crippen molar-refractivity contribution in [2.24, 2.45) is 0 Å². The molecule has 0 radical (unpaired) electrons. The van der Waals surface area contributed by atoms with Crippen molar-refractivity contribution in [1.82, 2.24) is 15.3 Å². The number of anilines is 1. The summed E-state index contributed by atoms with van der Waals surface area (Å²) in [6.07, 6.45) is 0. The molecule has 19 heavy (non-hydrogen) atoms. The lowest BCUT2D eigenvalue weighted by molar-refractivity contribution is -0.121. The molecule has 0 fully saturated rings. The summed E-state index contributed by atoms with van der Waals surface area (Å²) in [7, 11) is 3.12. The molecule has 0 aliphatic rings. The lowest BCUT2D eigenvalue weighted by atomic mass is 10.3. The van der Waals surface area contributed by atoms with Crippen LogP contribution in [0.5, 0.6) is 5.88 Å². The molecule has 1 atom stereocenters. The quantitative estimate of drug-likeness (QED) is 0.694. The summed E-state index contributed by atoms with van der Waals surface area (Å²) < 4.78 is 9.91. The van der Waals surface area contributed by atoms with E-state index in [9.17, 15) is 4.79 Å². The van der Waals surface area contributed by atoms with Crippen LogP contribution in [0.25, 0.3) is 0 Å². The topological polar surface area (TPSA) is 85.4 Å². The minimum atomic E-state index is -0.441. The fraction of sp³-hybridized carbons (Fsp3) is 0.583. The zero-order chi connectivity index (χ0) is 14.3. The Labute approximate surface area is 112 Å². The first-order valence-corrected chi connectivity index (χ1v) is 5.99. The number of methoxy groups -OCH3 is 2. The van der Waals surface area contributed by atoms with E-state index in [-0.39, 0.29) is 5.91 Å². The van der Waals surface area contributed by atoms with Gasteiger partial charge in [0.15, 0.2) is 0 Å². The number of carbonyl (C=O) groups is 1. The Balaban J connectivity index is 2.58. The summed E-state index contributed by atoms with van der Waals surface area (Å²) in [6.45, 7) is 4.52. The Morgan fingerprint density at radius 2 is 2.16 bits per heavy atom. The molecule has 1 rings (SSSR count). The van der Waals surface area contributed by atoms with Crippen LogP contribution in [-0.2, 0) is 9.53 Å². The smallest absolute Gasteiger partial charge is 0.242 e. The third-order valence-corrected chi connectivity index (χ3v) is 2.38. The predicted octanol–water partition coefficient (Wildman–Crippen LogP) is 0.357. The van der Waals surface area contributed by atoms with E-state index in [0.717, 1.165) is 5.69 Å². The molecule has 0 spiro atoms. The lowest BCUT2D eigenvalue weighted by Gasteiger charge is -2.14. The molecular weight excluding hydrogens is 248 g/mol. The molecular formula is C12H20N4O3. The molecule has 0 bridgehead atoms. The molecule has 0 aliphatic heterocycles. The first kappa shape index (κ1) is 15.2. The maximum Gasteiger partial charge on any atom is 0.242 e. The van der Waals surface area contributed by atoms with Crippen molar-refractivity contribution in [2.75, 3.05) is 32.7 Å². The largest absolute Gasteiger partial charge is 0.481 e. The maximum atomic E-state index is 11.7. The molecule has 1 aromatic rings. The van der Waals surface area contributed by atoms with Crippen LogP contribution in [0, 0.1) is 6.92 Å². The van der Waals surface area contributed by atoms with Crippen LogP contribution in [0.15, 0.2) is 6.07 Å². The van der Waals surface area contributed by atoms with Crippen molar-refractivity contribution in [1.29, 1.82) is 0 Å². The Morgan fingerprint density at radius 3 is 2.79 bits per heavy atom. The highest BCUT2D eigenvalue weighted by Crippen LogP contribution is 2.11. The van der Waals surface area contributed by atoms with Crippen LogP contribution in [0.3, 0.4) is 0 Å². The van der Waals surface area contributed by atoms with Gasteiger partial charge in [-0.25, -0.2) is 4.98 Å². The first-order valence-electron chi connectivity index (χ1n) is 5.99. The van der Waals surface area contributed by atoms with E-state index in [1.54, 1.807) is 20.1 Å². The third-order valence-electron chi connectivity index (χ3n) is 2.38. The van der Waals surface area contributed by atoms with Crippen LogP contribution >= 0.6 is 0 Å². The lowest BCUT2D eigenvalue weighted by Crippen LogP contribution is -2.39. The normalized spacial score (nSPS) is 11.8. The Morgan fingerprint density at radius 1 is 1.42 bits per heavy atom. The fourth-order valence-corrected chi connectivity index (χ4v) is 1.40. The van der Waals surface area contributed by atoms with Gasteiger partial charge in [0.25, 0.3) is 0 Å². The van der Waals surface area contributed by atoms with Gasteiger partial charge in [-0.05, 0) is 13.8 Å². The van der Waals surface area contributed by atoms with Gasteiger partial charge in [0, 0.05) is 25.4 Å². The van der Waals surface area contributed by atoms with Crippen LogP contribution in [-0.4, -0.2) is 49.3 Å². The van der Waals surface area contributed by atoms with Gasteiger partial charge in [0.05, 0.1) is 13.7 Å². The second kappa shape index (κ2) is 7.52. The molecule has 1 heterocycles. The molecule has 7 heteroatoms. The van der Waals surface area contributed by atoms with Crippen molar-refractivity contribution in [3.8, 4) is 5.88 Å².